The van der Waals surface area contributed by atoms with Crippen LogP contribution in [0, 0.1) is 6.57 Å². The van der Waals surface area contributed by atoms with E-state index in [1.165, 1.54) is 0 Å². The molecule has 5 aromatic rings. The summed E-state index contributed by atoms with van der Waals surface area (Å²) in [5, 5.41) is 13.2. The first-order valence-corrected chi connectivity index (χ1v) is 9.61. The number of aryl methyl sites for hydroxylation is 1. The van der Waals surface area contributed by atoms with Crippen LogP contribution in [0.2, 0.25) is 0 Å². The SMILES string of the molecule is [C-]#[N+]c1cc2ncccc2cc1-c1c(-c2ccc3c(=O)[nH]nc(CN)c3c2)cnn1C. The van der Waals surface area contributed by atoms with Crippen molar-refractivity contribution >= 4 is 27.4 Å². The number of benzene rings is 2. The Morgan fingerprint density at radius 1 is 1.16 bits per heavy atom. The largest absolute Gasteiger partial charge is 0.325 e. The lowest BCUT2D eigenvalue weighted by atomic mass is 9.97. The first kappa shape index (κ1) is 18.7. The van der Waals surface area contributed by atoms with Crippen LogP contribution in [0.5, 0.6) is 0 Å². The van der Waals surface area contributed by atoms with Gasteiger partial charge in [-0.3, -0.25) is 14.5 Å². The maximum atomic E-state index is 12.2. The van der Waals surface area contributed by atoms with Crippen molar-refractivity contribution in [3.8, 4) is 22.4 Å². The number of aromatic amines is 1. The zero-order valence-corrected chi connectivity index (χ0v) is 16.6. The minimum Gasteiger partial charge on any atom is -0.325 e. The van der Waals surface area contributed by atoms with E-state index in [4.69, 9.17) is 12.3 Å². The Balaban J connectivity index is 1.78. The molecule has 0 atom stereocenters. The van der Waals surface area contributed by atoms with Gasteiger partial charge >= 0.3 is 0 Å². The minimum absolute atomic E-state index is 0.205. The van der Waals surface area contributed by atoms with Gasteiger partial charge in [0.05, 0.1) is 35.1 Å². The Hall–Kier alpha value is -4.35. The van der Waals surface area contributed by atoms with Crippen molar-refractivity contribution in [3.05, 3.63) is 82.3 Å². The van der Waals surface area contributed by atoms with E-state index in [9.17, 15) is 4.79 Å². The topological polar surface area (TPSA) is 107 Å². The van der Waals surface area contributed by atoms with Crippen molar-refractivity contribution in [1.29, 1.82) is 0 Å². The van der Waals surface area contributed by atoms with Crippen molar-refractivity contribution in [1.82, 2.24) is 25.0 Å². The fraction of sp³-hybridized carbons (Fsp3) is 0.0870. The maximum Gasteiger partial charge on any atom is 0.272 e. The van der Waals surface area contributed by atoms with Crippen LogP contribution in [0.4, 0.5) is 5.69 Å². The fourth-order valence-electron chi connectivity index (χ4n) is 3.90. The molecule has 0 aliphatic heterocycles. The number of rotatable bonds is 3. The van der Waals surface area contributed by atoms with Gasteiger partial charge in [0.15, 0.2) is 5.69 Å². The van der Waals surface area contributed by atoms with Crippen molar-refractivity contribution < 1.29 is 0 Å². The molecule has 31 heavy (non-hydrogen) atoms. The summed E-state index contributed by atoms with van der Waals surface area (Å²) in [5.74, 6) is 0. The van der Waals surface area contributed by atoms with E-state index in [1.807, 2.05) is 37.4 Å². The van der Waals surface area contributed by atoms with Gasteiger partial charge in [-0.2, -0.15) is 10.2 Å². The van der Waals surface area contributed by atoms with Crippen molar-refractivity contribution in [2.24, 2.45) is 12.8 Å². The van der Waals surface area contributed by atoms with Gasteiger partial charge in [-0.25, -0.2) is 9.94 Å². The molecule has 8 nitrogen and oxygen atoms in total. The number of nitrogens with zero attached hydrogens (tertiary/aromatic N) is 5. The van der Waals surface area contributed by atoms with Gasteiger partial charge < -0.3 is 5.73 Å². The van der Waals surface area contributed by atoms with Crippen LogP contribution in [0.1, 0.15) is 5.69 Å². The van der Waals surface area contributed by atoms with Gasteiger partial charge in [-0.1, -0.05) is 18.2 Å². The lowest BCUT2D eigenvalue weighted by molar-refractivity contribution is 0.776. The molecule has 0 spiro atoms. The summed E-state index contributed by atoms with van der Waals surface area (Å²) in [4.78, 5) is 20.3. The summed E-state index contributed by atoms with van der Waals surface area (Å²) >= 11 is 0. The smallest absolute Gasteiger partial charge is 0.272 e. The molecule has 0 aliphatic rings. The van der Waals surface area contributed by atoms with Crippen LogP contribution >= 0.6 is 0 Å². The molecule has 0 amide bonds. The second-order valence-electron chi connectivity index (χ2n) is 7.17. The lowest BCUT2D eigenvalue weighted by Gasteiger charge is -2.11. The van der Waals surface area contributed by atoms with Crippen molar-refractivity contribution in [2.45, 2.75) is 6.54 Å². The fourth-order valence-corrected chi connectivity index (χ4v) is 3.90. The van der Waals surface area contributed by atoms with E-state index in [2.05, 4.69) is 25.1 Å². The normalized spacial score (nSPS) is 11.1. The second kappa shape index (κ2) is 7.16. The highest BCUT2D eigenvalue weighted by molar-refractivity contribution is 5.97. The number of fused-ring (bicyclic) bond motifs is 2. The van der Waals surface area contributed by atoms with Crippen LogP contribution in [0.3, 0.4) is 0 Å². The molecule has 0 aliphatic carbocycles. The first-order valence-electron chi connectivity index (χ1n) is 9.61. The number of nitrogens with one attached hydrogen (secondary N) is 1. The molecule has 3 heterocycles. The average Bonchev–Trinajstić information content (AvgIpc) is 3.19. The molecule has 0 bridgehead atoms. The molecule has 5 rings (SSSR count). The molecule has 8 heteroatoms. The van der Waals surface area contributed by atoms with Gasteiger partial charge in [0.1, 0.15) is 0 Å². The molecule has 0 saturated heterocycles. The van der Waals surface area contributed by atoms with Crippen LogP contribution in [0.25, 0.3) is 48.9 Å². The first-order chi connectivity index (χ1) is 15.1. The minimum atomic E-state index is -0.262. The van der Waals surface area contributed by atoms with Gasteiger partial charge in [0.25, 0.3) is 5.56 Å². The number of aromatic nitrogens is 5. The average molecular weight is 407 g/mol. The predicted octanol–water partition coefficient (Wildman–Crippen LogP) is 3.55. The number of pyridine rings is 1. The molecule has 0 unspecified atom stereocenters. The van der Waals surface area contributed by atoms with Gasteiger partial charge in [0, 0.05) is 36.3 Å². The third-order valence-electron chi connectivity index (χ3n) is 5.41. The van der Waals surface area contributed by atoms with E-state index < -0.39 is 0 Å². The summed E-state index contributed by atoms with van der Waals surface area (Å²) in [6.45, 7) is 7.90. The number of H-pyrrole nitrogens is 1. The standard InChI is InChI=1S/C23H17N7O/c1-25-20-10-19-14(4-3-7-26-19)9-17(20)22-18(12-27-30(22)2)13-5-6-15-16(8-13)21(11-24)28-29-23(15)31/h3-10,12H,11,24H2,2H3,(H,29,31). The van der Waals surface area contributed by atoms with Crippen LogP contribution in [-0.2, 0) is 13.6 Å². The third kappa shape index (κ3) is 2.96. The molecule has 0 radical (unpaired) electrons. The van der Waals surface area contributed by atoms with Crippen LogP contribution < -0.4 is 11.3 Å². The summed E-state index contributed by atoms with van der Waals surface area (Å²) in [7, 11) is 1.85. The monoisotopic (exact) mass is 407 g/mol. The van der Waals surface area contributed by atoms with Gasteiger partial charge in [-0.15, -0.1) is 0 Å². The lowest BCUT2D eigenvalue weighted by Crippen LogP contribution is -2.13. The van der Waals surface area contributed by atoms with E-state index >= 15 is 0 Å². The van der Waals surface area contributed by atoms with E-state index in [0.29, 0.717) is 22.2 Å². The number of hydrogen-bond acceptors (Lipinski definition) is 5. The van der Waals surface area contributed by atoms with Crippen molar-refractivity contribution in [2.75, 3.05) is 0 Å². The van der Waals surface area contributed by atoms with E-state index in [0.717, 1.165) is 33.3 Å². The van der Waals surface area contributed by atoms with Crippen LogP contribution in [-0.4, -0.2) is 25.0 Å². The summed E-state index contributed by atoms with van der Waals surface area (Å²) < 4.78 is 1.76. The van der Waals surface area contributed by atoms with E-state index in [-0.39, 0.29) is 12.1 Å². The molecule has 0 fully saturated rings. The van der Waals surface area contributed by atoms with Gasteiger partial charge in [-0.05, 0) is 35.2 Å². The Kier molecular flexibility index (Phi) is 4.31. The summed E-state index contributed by atoms with van der Waals surface area (Å²) in [5.41, 5.74) is 10.7. The van der Waals surface area contributed by atoms with Crippen molar-refractivity contribution in [3.63, 3.8) is 0 Å². The second-order valence-corrected chi connectivity index (χ2v) is 7.17. The Morgan fingerprint density at radius 3 is 2.84 bits per heavy atom. The number of nitrogens with two attached hydrogens (primary N) is 1. The zero-order valence-electron chi connectivity index (χ0n) is 16.6. The highest BCUT2D eigenvalue weighted by Crippen LogP contribution is 2.39. The Bertz CT molecular complexity index is 1570. The zero-order chi connectivity index (χ0) is 21.5. The molecule has 150 valence electrons. The number of hydrogen-bond donors (Lipinski definition) is 2. The summed E-state index contributed by atoms with van der Waals surface area (Å²) in [6.07, 6.45) is 3.48. The van der Waals surface area contributed by atoms with Gasteiger partial charge in [0.2, 0.25) is 0 Å². The molecule has 3 aromatic heterocycles. The predicted molar refractivity (Wildman–Crippen MR) is 119 cm³/mol. The third-order valence-corrected chi connectivity index (χ3v) is 5.41. The molecule has 0 saturated carbocycles. The van der Waals surface area contributed by atoms with Crippen LogP contribution in [0.15, 0.2) is 59.7 Å². The Morgan fingerprint density at radius 2 is 2.03 bits per heavy atom. The van der Waals surface area contributed by atoms with E-state index in [1.54, 1.807) is 29.2 Å². The molecular formula is C23H17N7O. The Labute approximate surface area is 176 Å². The quantitative estimate of drug-likeness (QED) is 0.445. The molecule has 3 N–H and O–H groups in total. The summed E-state index contributed by atoms with van der Waals surface area (Å²) in [6, 6.07) is 13.1. The highest BCUT2D eigenvalue weighted by Gasteiger charge is 2.18. The molecular weight excluding hydrogens is 390 g/mol. The highest BCUT2D eigenvalue weighted by atomic mass is 16.1. The maximum absolute atomic E-state index is 12.2. The molecule has 2 aromatic carbocycles.